The maximum atomic E-state index is 11.9. The van der Waals surface area contributed by atoms with E-state index in [4.69, 9.17) is 16.3 Å². The van der Waals surface area contributed by atoms with Crippen molar-refractivity contribution in [2.24, 2.45) is 0 Å². The molecule has 1 aliphatic rings. The summed E-state index contributed by atoms with van der Waals surface area (Å²) in [5.41, 5.74) is 2.10. The van der Waals surface area contributed by atoms with E-state index in [2.05, 4.69) is 11.0 Å². The molecule has 0 unspecified atom stereocenters. The maximum absolute atomic E-state index is 11.9. The molecule has 1 fully saturated rings. The van der Waals surface area contributed by atoms with E-state index < -0.39 is 0 Å². The van der Waals surface area contributed by atoms with Crippen molar-refractivity contribution in [3.63, 3.8) is 0 Å². The lowest BCUT2D eigenvalue weighted by atomic mass is 10.1. The van der Waals surface area contributed by atoms with Crippen molar-refractivity contribution >= 4 is 23.2 Å². The molecule has 1 aromatic rings. The summed E-state index contributed by atoms with van der Waals surface area (Å²) in [6, 6.07) is 3.92. The summed E-state index contributed by atoms with van der Waals surface area (Å²) in [7, 11) is 1.66. The van der Waals surface area contributed by atoms with Crippen LogP contribution in [0.2, 0.25) is 5.02 Å². The van der Waals surface area contributed by atoms with Gasteiger partial charge in [-0.15, -0.1) is 0 Å². The number of carbonyl (C=O) groups excluding carboxylic acids is 1. The summed E-state index contributed by atoms with van der Waals surface area (Å²) < 4.78 is 5.44. The molecule has 21 heavy (non-hydrogen) atoms. The van der Waals surface area contributed by atoms with E-state index >= 15 is 0 Å². The second kappa shape index (κ2) is 7.03. The molecule has 0 bridgehead atoms. The number of hydrogen-bond donors (Lipinski definition) is 0. The standard InChI is InChI=1S/C16H23ClN2O2/c1-4-5-16(20)19-8-6-18(7-9-19)14-10-12(2)13(17)11-15(14)21-3/h10-11H,4-9H2,1-3H3. The maximum Gasteiger partial charge on any atom is 0.222 e. The smallest absolute Gasteiger partial charge is 0.222 e. The second-order valence-corrected chi connectivity index (χ2v) is 5.80. The summed E-state index contributed by atoms with van der Waals surface area (Å²) in [5.74, 6) is 1.05. The van der Waals surface area contributed by atoms with E-state index in [1.807, 2.05) is 24.8 Å². The van der Waals surface area contributed by atoms with Gasteiger partial charge in [-0.25, -0.2) is 0 Å². The van der Waals surface area contributed by atoms with Crippen LogP contribution in [0.5, 0.6) is 5.75 Å². The van der Waals surface area contributed by atoms with Crippen molar-refractivity contribution < 1.29 is 9.53 Å². The molecule has 1 aromatic carbocycles. The quantitative estimate of drug-likeness (QED) is 0.856. The van der Waals surface area contributed by atoms with Gasteiger partial charge in [0.2, 0.25) is 5.91 Å². The number of methoxy groups -OCH3 is 1. The number of anilines is 1. The van der Waals surface area contributed by atoms with Gasteiger partial charge in [0.1, 0.15) is 5.75 Å². The van der Waals surface area contributed by atoms with Crippen molar-refractivity contribution in [3.8, 4) is 5.75 Å². The molecule has 0 aliphatic carbocycles. The van der Waals surface area contributed by atoms with Crippen LogP contribution >= 0.6 is 11.6 Å². The number of halogens is 1. The first-order valence-electron chi connectivity index (χ1n) is 7.43. The second-order valence-electron chi connectivity index (χ2n) is 5.39. The predicted molar refractivity (Wildman–Crippen MR) is 86.4 cm³/mol. The topological polar surface area (TPSA) is 32.8 Å². The Kier molecular flexibility index (Phi) is 5.34. The minimum absolute atomic E-state index is 0.261. The van der Waals surface area contributed by atoms with Gasteiger partial charge in [-0.05, 0) is 25.0 Å². The minimum atomic E-state index is 0.261. The van der Waals surface area contributed by atoms with Crippen molar-refractivity contribution in [3.05, 3.63) is 22.7 Å². The number of benzene rings is 1. The van der Waals surface area contributed by atoms with Crippen molar-refractivity contribution in [2.75, 3.05) is 38.2 Å². The van der Waals surface area contributed by atoms with Gasteiger partial charge >= 0.3 is 0 Å². The van der Waals surface area contributed by atoms with E-state index in [9.17, 15) is 4.79 Å². The Bertz CT molecular complexity index is 511. The highest BCUT2D eigenvalue weighted by molar-refractivity contribution is 6.31. The van der Waals surface area contributed by atoms with E-state index in [0.717, 1.165) is 49.6 Å². The van der Waals surface area contributed by atoms with Crippen LogP contribution in [0.1, 0.15) is 25.3 Å². The van der Waals surface area contributed by atoms with Crippen LogP contribution < -0.4 is 9.64 Å². The van der Waals surface area contributed by atoms with E-state index in [1.165, 1.54) is 0 Å². The summed E-state index contributed by atoms with van der Waals surface area (Å²) >= 11 is 6.15. The summed E-state index contributed by atoms with van der Waals surface area (Å²) in [5, 5.41) is 0.715. The SMILES string of the molecule is CCCC(=O)N1CCN(c2cc(C)c(Cl)cc2OC)CC1. The Labute approximate surface area is 131 Å². The number of aryl methyl sites for hydroxylation is 1. The molecule has 1 amide bonds. The third-order valence-electron chi connectivity index (χ3n) is 3.90. The van der Waals surface area contributed by atoms with Crippen LogP contribution in [0.4, 0.5) is 5.69 Å². The van der Waals surface area contributed by atoms with Gasteiger partial charge in [-0.2, -0.15) is 0 Å². The molecular formula is C16H23ClN2O2. The lowest BCUT2D eigenvalue weighted by Gasteiger charge is -2.37. The molecule has 0 N–H and O–H groups in total. The summed E-state index contributed by atoms with van der Waals surface area (Å²) in [4.78, 5) is 16.1. The number of hydrogen-bond acceptors (Lipinski definition) is 3. The van der Waals surface area contributed by atoms with Crippen LogP contribution in [0.25, 0.3) is 0 Å². The van der Waals surface area contributed by atoms with Gasteiger partial charge in [-0.1, -0.05) is 18.5 Å². The molecule has 0 atom stereocenters. The molecule has 0 radical (unpaired) electrons. The zero-order chi connectivity index (χ0) is 15.4. The van der Waals surface area contributed by atoms with Crippen LogP contribution in [-0.4, -0.2) is 44.1 Å². The molecule has 1 saturated heterocycles. The van der Waals surface area contributed by atoms with Gasteiger partial charge in [-0.3, -0.25) is 4.79 Å². The fourth-order valence-corrected chi connectivity index (χ4v) is 2.78. The summed E-state index contributed by atoms with van der Waals surface area (Å²) in [6.07, 6.45) is 1.55. The number of nitrogens with zero attached hydrogens (tertiary/aromatic N) is 2. The molecule has 1 aliphatic heterocycles. The number of amides is 1. The van der Waals surface area contributed by atoms with Crippen molar-refractivity contribution in [1.29, 1.82) is 0 Å². The third-order valence-corrected chi connectivity index (χ3v) is 4.30. The van der Waals surface area contributed by atoms with Crippen LogP contribution in [-0.2, 0) is 4.79 Å². The highest BCUT2D eigenvalue weighted by Crippen LogP contribution is 2.34. The number of rotatable bonds is 4. The largest absolute Gasteiger partial charge is 0.495 e. The summed E-state index contributed by atoms with van der Waals surface area (Å²) in [6.45, 7) is 7.22. The first-order chi connectivity index (χ1) is 10.1. The molecule has 5 heteroatoms. The monoisotopic (exact) mass is 310 g/mol. The zero-order valence-corrected chi connectivity index (χ0v) is 13.7. The lowest BCUT2D eigenvalue weighted by molar-refractivity contribution is -0.131. The average Bonchev–Trinajstić information content (AvgIpc) is 2.50. The van der Waals surface area contributed by atoms with E-state index in [-0.39, 0.29) is 5.91 Å². The predicted octanol–water partition coefficient (Wildman–Crippen LogP) is 3.11. The van der Waals surface area contributed by atoms with E-state index in [0.29, 0.717) is 11.4 Å². The first-order valence-corrected chi connectivity index (χ1v) is 7.81. The Morgan fingerprint density at radius 1 is 1.29 bits per heavy atom. The van der Waals surface area contributed by atoms with Crippen molar-refractivity contribution in [2.45, 2.75) is 26.7 Å². The Balaban J connectivity index is 2.08. The zero-order valence-electron chi connectivity index (χ0n) is 13.0. The third kappa shape index (κ3) is 3.62. The van der Waals surface area contributed by atoms with Gasteiger partial charge in [0.05, 0.1) is 12.8 Å². The first kappa shape index (κ1) is 16.0. The Hall–Kier alpha value is -1.42. The molecule has 0 spiro atoms. The van der Waals surface area contributed by atoms with Crippen LogP contribution in [0.15, 0.2) is 12.1 Å². The molecule has 0 saturated carbocycles. The fourth-order valence-electron chi connectivity index (χ4n) is 2.63. The fraction of sp³-hybridized carbons (Fsp3) is 0.562. The molecule has 116 valence electrons. The molecule has 1 heterocycles. The Morgan fingerprint density at radius 3 is 2.52 bits per heavy atom. The Morgan fingerprint density at radius 2 is 1.95 bits per heavy atom. The van der Waals surface area contributed by atoms with Crippen LogP contribution in [0, 0.1) is 6.92 Å². The molecule has 2 rings (SSSR count). The van der Waals surface area contributed by atoms with Crippen LogP contribution in [0.3, 0.4) is 0 Å². The number of piperazine rings is 1. The highest BCUT2D eigenvalue weighted by atomic mass is 35.5. The van der Waals surface area contributed by atoms with Gasteiger partial charge < -0.3 is 14.5 Å². The van der Waals surface area contributed by atoms with Gasteiger partial charge in [0, 0.05) is 43.7 Å². The highest BCUT2D eigenvalue weighted by Gasteiger charge is 2.22. The average molecular weight is 311 g/mol. The molecule has 0 aromatic heterocycles. The number of carbonyl (C=O) groups is 1. The minimum Gasteiger partial charge on any atom is -0.495 e. The number of ether oxygens (including phenoxy) is 1. The molecule has 4 nitrogen and oxygen atoms in total. The van der Waals surface area contributed by atoms with E-state index in [1.54, 1.807) is 7.11 Å². The van der Waals surface area contributed by atoms with Gasteiger partial charge in [0.15, 0.2) is 0 Å². The van der Waals surface area contributed by atoms with Crippen molar-refractivity contribution in [1.82, 2.24) is 4.90 Å². The molecular weight excluding hydrogens is 288 g/mol. The van der Waals surface area contributed by atoms with Gasteiger partial charge in [0.25, 0.3) is 0 Å². The normalized spacial score (nSPS) is 15.2. The lowest BCUT2D eigenvalue weighted by Crippen LogP contribution is -2.48.